The Morgan fingerprint density at radius 3 is 2.22 bits per heavy atom. The topological polar surface area (TPSA) is 69.7 Å². The Bertz CT molecular complexity index is 784. The van der Waals surface area contributed by atoms with Crippen LogP contribution < -0.4 is 4.74 Å². The van der Waals surface area contributed by atoms with E-state index >= 15 is 0 Å². The summed E-state index contributed by atoms with van der Waals surface area (Å²) < 4.78 is 35.6. The summed E-state index contributed by atoms with van der Waals surface area (Å²) in [5.41, 5.74) is 0.923. The van der Waals surface area contributed by atoms with E-state index in [-0.39, 0.29) is 23.8 Å². The highest BCUT2D eigenvalue weighted by atomic mass is 32.2. The lowest BCUT2D eigenvalue weighted by Crippen LogP contribution is -2.46. The number of hydrogen-bond donors (Lipinski definition) is 0. The molecule has 0 bridgehead atoms. The summed E-state index contributed by atoms with van der Waals surface area (Å²) in [5, 5.41) is 0. The summed E-state index contributed by atoms with van der Waals surface area (Å²) in [6, 6.07) is 6.04. The first-order chi connectivity index (χ1) is 12.6. The van der Waals surface area contributed by atoms with Crippen LogP contribution >= 0.6 is 0 Å². The van der Waals surface area contributed by atoms with Crippen LogP contribution in [0.4, 0.5) is 0 Å². The Hall–Kier alpha value is -2.08. The van der Waals surface area contributed by atoms with E-state index in [0.717, 1.165) is 5.57 Å². The summed E-state index contributed by atoms with van der Waals surface area (Å²) in [4.78, 5) is 13.0. The zero-order valence-corrected chi connectivity index (χ0v) is 17.8. The van der Waals surface area contributed by atoms with Gasteiger partial charge in [-0.15, -0.1) is 0 Å². The molecule has 0 fully saturated rings. The second-order valence-electron chi connectivity index (χ2n) is 6.88. The molecular formula is C21H30O5S. The van der Waals surface area contributed by atoms with Crippen molar-refractivity contribution in [3.8, 4) is 5.75 Å². The Kier molecular flexibility index (Phi) is 8.28. The summed E-state index contributed by atoms with van der Waals surface area (Å²) >= 11 is 0. The van der Waals surface area contributed by atoms with Crippen molar-refractivity contribution in [3.05, 3.63) is 48.1 Å². The van der Waals surface area contributed by atoms with Crippen molar-refractivity contribution in [1.82, 2.24) is 0 Å². The van der Waals surface area contributed by atoms with Gasteiger partial charge < -0.3 is 9.47 Å². The summed E-state index contributed by atoms with van der Waals surface area (Å²) in [6.07, 6.45) is 4.97. The number of carbonyl (C=O) groups excluding carboxylic acids is 1. The number of sulfone groups is 1. The minimum absolute atomic E-state index is 0.00570. The minimum Gasteiger partial charge on any atom is -0.497 e. The average molecular weight is 395 g/mol. The van der Waals surface area contributed by atoms with E-state index in [9.17, 15) is 13.2 Å². The van der Waals surface area contributed by atoms with Gasteiger partial charge in [-0.05, 0) is 57.4 Å². The van der Waals surface area contributed by atoms with Crippen LogP contribution in [0.1, 0.15) is 41.0 Å². The molecule has 0 aliphatic rings. The van der Waals surface area contributed by atoms with Gasteiger partial charge in [-0.3, -0.25) is 0 Å². The molecule has 0 aliphatic heterocycles. The third-order valence-electron chi connectivity index (χ3n) is 4.03. The van der Waals surface area contributed by atoms with E-state index < -0.39 is 20.6 Å². The molecule has 0 spiro atoms. The number of rotatable bonds is 9. The molecule has 1 atom stereocenters. The molecule has 0 amide bonds. The number of carbonyl (C=O) groups is 1. The lowest BCUT2D eigenvalue weighted by molar-refractivity contribution is -0.144. The molecule has 0 radical (unpaired) electrons. The van der Waals surface area contributed by atoms with Gasteiger partial charge in [0.25, 0.3) is 0 Å². The molecule has 0 aliphatic carbocycles. The number of methoxy groups -OCH3 is 1. The van der Waals surface area contributed by atoms with E-state index in [0.29, 0.717) is 5.75 Å². The third-order valence-corrected chi connectivity index (χ3v) is 6.36. The van der Waals surface area contributed by atoms with Crippen LogP contribution in [0.15, 0.2) is 53.0 Å². The molecule has 1 aromatic carbocycles. The quantitative estimate of drug-likeness (QED) is 0.460. The fourth-order valence-electron chi connectivity index (χ4n) is 2.45. The van der Waals surface area contributed by atoms with Crippen LogP contribution in [0.2, 0.25) is 0 Å². The van der Waals surface area contributed by atoms with Gasteiger partial charge >= 0.3 is 5.97 Å². The highest BCUT2D eigenvalue weighted by molar-refractivity contribution is 7.93. The zero-order valence-electron chi connectivity index (χ0n) is 17.0. The van der Waals surface area contributed by atoms with Crippen molar-refractivity contribution in [2.24, 2.45) is 5.92 Å². The molecule has 5 nitrogen and oxygen atoms in total. The summed E-state index contributed by atoms with van der Waals surface area (Å²) in [7, 11) is -2.56. The second-order valence-corrected chi connectivity index (χ2v) is 9.08. The molecule has 0 saturated carbocycles. The van der Waals surface area contributed by atoms with Crippen LogP contribution in [-0.4, -0.2) is 32.9 Å². The molecule has 0 heterocycles. The van der Waals surface area contributed by atoms with Crippen LogP contribution in [0, 0.1) is 5.92 Å². The third kappa shape index (κ3) is 5.45. The first-order valence-corrected chi connectivity index (χ1v) is 10.5. The minimum atomic E-state index is -4.06. The Morgan fingerprint density at radius 2 is 1.78 bits per heavy atom. The van der Waals surface area contributed by atoms with Crippen LogP contribution in [-0.2, 0) is 19.4 Å². The molecule has 27 heavy (non-hydrogen) atoms. The fraction of sp³-hybridized carbons (Fsp3) is 0.476. The van der Waals surface area contributed by atoms with Crippen LogP contribution in [0.5, 0.6) is 5.75 Å². The molecule has 0 saturated heterocycles. The van der Waals surface area contributed by atoms with Crippen molar-refractivity contribution >= 4 is 15.8 Å². The van der Waals surface area contributed by atoms with Crippen molar-refractivity contribution < 1.29 is 22.7 Å². The van der Waals surface area contributed by atoms with Crippen molar-refractivity contribution in [1.29, 1.82) is 0 Å². The fourth-order valence-corrected chi connectivity index (χ4v) is 4.20. The van der Waals surface area contributed by atoms with Crippen molar-refractivity contribution in [2.75, 3.05) is 13.7 Å². The smallest absolute Gasteiger partial charge is 0.332 e. The molecular weight excluding hydrogens is 364 g/mol. The van der Waals surface area contributed by atoms with Crippen molar-refractivity contribution in [3.63, 3.8) is 0 Å². The van der Waals surface area contributed by atoms with Gasteiger partial charge in [0.05, 0.1) is 18.6 Å². The Balaban J connectivity index is 3.68. The van der Waals surface area contributed by atoms with Gasteiger partial charge in [0.2, 0.25) is 0 Å². The van der Waals surface area contributed by atoms with E-state index in [2.05, 4.69) is 0 Å². The lowest BCUT2D eigenvalue weighted by Gasteiger charge is -2.28. The summed E-state index contributed by atoms with van der Waals surface area (Å²) in [5.74, 6) is -0.149. The monoisotopic (exact) mass is 394 g/mol. The number of allylic oxidation sites excluding steroid dienone is 3. The predicted octanol–water partition coefficient (Wildman–Crippen LogP) is 4.34. The standard InChI is InChI=1S/C21H30O5S/c1-7-26-20(22)21(14-12-16(2)3,15-13-17(4)5)27(23,24)19-10-8-18(25-6)9-11-19/h8-14,16H,7,15H2,1-6H3. The van der Waals surface area contributed by atoms with E-state index in [4.69, 9.17) is 9.47 Å². The maximum atomic E-state index is 13.6. The molecule has 6 heteroatoms. The molecule has 1 unspecified atom stereocenters. The van der Waals surface area contributed by atoms with Gasteiger partial charge in [-0.2, -0.15) is 0 Å². The van der Waals surface area contributed by atoms with E-state index in [1.807, 2.05) is 27.7 Å². The SMILES string of the molecule is CCOC(=O)C(C=CC(C)C)(CC=C(C)C)S(=O)(=O)c1ccc(OC)cc1. The van der Waals surface area contributed by atoms with Gasteiger partial charge in [0, 0.05) is 0 Å². The van der Waals surface area contributed by atoms with Gasteiger partial charge in [-0.1, -0.05) is 37.6 Å². The highest BCUT2D eigenvalue weighted by Crippen LogP contribution is 2.34. The van der Waals surface area contributed by atoms with Gasteiger partial charge in [-0.25, -0.2) is 13.2 Å². The van der Waals surface area contributed by atoms with Crippen molar-refractivity contribution in [2.45, 2.75) is 50.7 Å². The number of hydrogen-bond acceptors (Lipinski definition) is 5. The molecule has 150 valence electrons. The number of benzene rings is 1. The molecule has 1 aromatic rings. The van der Waals surface area contributed by atoms with Crippen LogP contribution in [0.25, 0.3) is 0 Å². The maximum Gasteiger partial charge on any atom is 0.332 e. The first kappa shape index (κ1) is 23.0. The van der Waals surface area contributed by atoms with Crippen LogP contribution in [0.3, 0.4) is 0 Å². The summed E-state index contributed by atoms with van der Waals surface area (Å²) in [6.45, 7) is 9.34. The molecule has 1 rings (SSSR count). The van der Waals surface area contributed by atoms with E-state index in [1.165, 1.54) is 25.3 Å². The zero-order chi connectivity index (χ0) is 20.7. The normalized spacial score (nSPS) is 14.0. The van der Waals surface area contributed by atoms with Gasteiger partial charge in [0.15, 0.2) is 14.6 Å². The molecule has 0 N–H and O–H groups in total. The van der Waals surface area contributed by atoms with E-state index in [1.54, 1.807) is 31.2 Å². The number of ether oxygens (including phenoxy) is 2. The maximum absolute atomic E-state index is 13.6. The number of esters is 1. The Morgan fingerprint density at radius 1 is 1.19 bits per heavy atom. The second kappa shape index (κ2) is 9.74. The lowest BCUT2D eigenvalue weighted by atomic mass is 10.00. The first-order valence-electron chi connectivity index (χ1n) is 8.99. The largest absolute Gasteiger partial charge is 0.497 e. The molecule has 0 aromatic heterocycles. The average Bonchev–Trinajstić information content (AvgIpc) is 2.61. The Labute approximate surface area is 163 Å². The highest BCUT2D eigenvalue weighted by Gasteiger charge is 2.50. The van der Waals surface area contributed by atoms with Gasteiger partial charge in [0.1, 0.15) is 5.75 Å². The predicted molar refractivity (Wildman–Crippen MR) is 108 cm³/mol.